The Balaban J connectivity index is 1.95. The molecule has 2 N–H and O–H groups in total. The normalized spacial score (nSPS) is 11.7. The van der Waals surface area contributed by atoms with Gasteiger partial charge in [-0.15, -0.1) is 0 Å². The smallest absolute Gasteiger partial charge is 0.238 e. The van der Waals surface area contributed by atoms with Crippen LogP contribution in [-0.2, 0) is 10.0 Å². The molecule has 0 atom stereocenters. The quantitative estimate of drug-likeness (QED) is 0.571. The number of primary sulfonamides is 1. The SMILES string of the molecule is COc1ccc(-c2nc3ccccn3c2-c2ccc(S(N)(=O)=O)cc2)cc1F. The number of fused-ring (bicyclic) bond motifs is 1. The van der Waals surface area contributed by atoms with Gasteiger partial charge in [-0.3, -0.25) is 4.40 Å². The highest BCUT2D eigenvalue weighted by Crippen LogP contribution is 2.34. The van der Waals surface area contributed by atoms with Crippen molar-refractivity contribution in [2.75, 3.05) is 7.11 Å². The van der Waals surface area contributed by atoms with Crippen molar-refractivity contribution in [2.45, 2.75) is 4.90 Å². The molecule has 0 unspecified atom stereocenters. The standard InChI is InChI=1S/C20H16FN3O3S/c1-27-17-10-7-14(12-16(17)21)19-20(24-11-3-2-4-18(24)23-19)13-5-8-15(9-6-13)28(22,25)26/h2-12H,1H3,(H2,22,25,26). The molecule has 2 heterocycles. The maximum Gasteiger partial charge on any atom is 0.238 e. The molecule has 0 amide bonds. The van der Waals surface area contributed by atoms with E-state index in [0.29, 0.717) is 22.6 Å². The van der Waals surface area contributed by atoms with Crippen molar-refractivity contribution in [1.82, 2.24) is 9.38 Å². The van der Waals surface area contributed by atoms with Crippen LogP contribution in [0, 0.1) is 5.82 Å². The highest BCUT2D eigenvalue weighted by Gasteiger charge is 2.18. The molecular weight excluding hydrogens is 381 g/mol. The van der Waals surface area contributed by atoms with Gasteiger partial charge in [0.25, 0.3) is 0 Å². The van der Waals surface area contributed by atoms with Crippen LogP contribution in [-0.4, -0.2) is 24.9 Å². The first-order chi connectivity index (χ1) is 13.4. The van der Waals surface area contributed by atoms with Crippen LogP contribution in [0.5, 0.6) is 5.75 Å². The highest BCUT2D eigenvalue weighted by molar-refractivity contribution is 7.89. The Kier molecular flexibility index (Phi) is 4.37. The summed E-state index contributed by atoms with van der Waals surface area (Å²) < 4.78 is 44.2. The lowest BCUT2D eigenvalue weighted by Gasteiger charge is -2.08. The fraction of sp³-hybridized carbons (Fsp3) is 0.0500. The molecule has 6 nitrogen and oxygen atoms in total. The van der Waals surface area contributed by atoms with E-state index in [-0.39, 0.29) is 10.6 Å². The average Bonchev–Trinajstić information content (AvgIpc) is 3.07. The number of aromatic nitrogens is 2. The van der Waals surface area contributed by atoms with Crippen molar-refractivity contribution in [3.63, 3.8) is 0 Å². The third kappa shape index (κ3) is 3.12. The first kappa shape index (κ1) is 18.1. The van der Waals surface area contributed by atoms with Gasteiger partial charge in [-0.25, -0.2) is 22.9 Å². The van der Waals surface area contributed by atoms with Crippen LogP contribution in [0.4, 0.5) is 4.39 Å². The Morgan fingerprint density at radius 3 is 2.39 bits per heavy atom. The Labute approximate surface area is 161 Å². The van der Waals surface area contributed by atoms with Crippen LogP contribution in [0.25, 0.3) is 28.2 Å². The summed E-state index contributed by atoms with van der Waals surface area (Å²) in [7, 11) is -2.39. The molecule has 4 aromatic rings. The summed E-state index contributed by atoms with van der Waals surface area (Å²) >= 11 is 0. The molecule has 0 aliphatic heterocycles. The molecule has 2 aromatic heterocycles. The Bertz CT molecular complexity index is 1280. The number of imidazole rings is 1. The number of nitrogens with two attached hydrogens (primary N) is 1. The maximum absolute atomic E-state index is 14.3. The van der Waals surface area contributed by atoms with Crippen molar-refractivity contribution in [1.29, 1.82) is 0 Å². The fourth-order valence-electron chi connectivity index (χ4n) is 3.09. The van der Waals surface area contributed by atoms with E-state index < -0.39 is 15.8 Å². The molecule has 8 heteroatoms. The molecule has 0 saturated heterocycles. The van der Waals surface area contributed by atoms with Gasteiger partial charge in [0.1, 0.15) is 5.65 Å². The molecule has 0 aliphatic rings. The zero-order valence-corrected chi connectivity index (χ0v) is 15.7. The molecule has 0 bridgehead atoms. The second-order valence-electron chi connectivity index (χ2n) is 6.16. The number of pyridine rings is 1. The van der Waals surface area contributed by atoms with Crippen LogP contribution in [0.2, 0.25) is 0 Å². The van der Waals surface area contributed by atoms with Crippen molar-refractivity contribution in [3.8, 4) is 28.3 Å². The summed E-state index contributed by atoms with van der Waals surface area (Å²) in [4.78, 5) is 4.66. The molecule has 0 aliphatic carbocycles. The Hall–Kier alpha value is -3.23. The van der Waals surface area contributed by atoms with E-state index in [1.807, 2.05) is 28.8 Å². The Morgan fingerprint density at radius 1 is 1.04 bits per heavy atom. The minimum Gasteiger partial charge on any atom is -0.494 e. The first-order valence-corrected chi connectivity index (χ1v) is 9.87. The predicted molar refractivity (Wildman–Crippen MR) is 104 cm³/mol. The number of methoxy groups -OCH3 is 1. The zero-order chi connectivity index (χ0) is 19.9. The molecule has 0 radical (unpaired) electrons. The van der Waals surface area contributed by atoms with Crippen molar-refractivity contribution in [3.05, 3.63) is 72.7 Å². The van der Waals surface area contributed by atoms with Gasteiger partial charge in [-0.2, -0.15) is 0 Å². The summed E-state index contributed by atoms with van der Waals surface area (Å²) in [5, 5.41) is 5.18. The highest BCUT2D eigenvalue weighted by atomic mass is 32.2. The number of hydrogen-bond donors (Lipinski definition) is 1. The molecular formula is C20H16FN3O3S. The van der Waals surface area contributed by atoms with Gasteiger partial charge < -0.3 is 4.74 Å². The van der Waals surface area contributed by atoms with E-state index in [4.69, 9.17) is 9.88 Å². The van der Waals surface area contributed by atoms with E-state index in [0.717, 1.165) is 5.56 Å². The number of benzene rings is 2. The number of sulfonamides is 1. The lowest BCUT2D eigenvalue weighted by Crippen LogP contribution is -2.11. The van der Waals surface area contributed by atoms with Gasteiger partial charge in [-0.05, 0) is 42.5 Å². The predicted octanol–water partition coefficient (Wildman–Crippen LogP) is 3.46. The number of nitrogens with zero attached hydrogens (tertiary/aromatic N) is 2. The van der Waals surface area contributed by atoms with Crippen molar-refractivity contribution < 1.29 is 17.5 Å². The molecule has 0 fully saturated rings. The topological polar surface area (TPSA) is 86.7 Å². The summed E-state index contributed by atoms with van der Waals surface area (Å²) in [6, 6.07) is 16.4. The van der Waals surface area contributed by atoms with Gasteiger partial charge in [0.05, 0.1) is 23.4 Å². The van der Waals surface area contributed by atoms with Crippen LogP contribution in [0.1, 0.15) is 0 Å². The fourth-order valence-corrected chi connectivity index (χ4v) is 3.60. The summed E-state index contributed by atoms with van der Waals surface area (Å²) in [6.07, 6.45) is 1.84. The van der Waals surface area contributed by atoms with Gasteiger partial charge in [0, 0.05) is 17.3 Å². The van der Waals surface area contributed by atoms with E-state index in [9.17, 15) is 12.8 Å². The summed E-state index contributed by atoms with van der Waals surface area (Å²) in [5.74, 6) is -0.348. The number of halogens is 1. The molecule has 2 aromatic carbocycles. The number of rotatable bonds is 4. The lowest BCUT2D eigenvalue weighted by atomic mass is 10.0. The van der Waals surface area contributed by atoms with Crippen LogP contribution < -0.4 is 9.88 Å². The van der Waals surface area contributed by atoms with Crippen molar-refractivity contribution in [2.24, 2.45) is 5.14 Å². The van der Waals surface area contributed by atoms with Crippen LogP contribution in [0.3, 0.4) is 0 Å². The number of ether oxygens (including phenoxy) is 1. The minimum atomic E-state index is -3.79. The van der Waals surface area contributed by atoms with Crippen LogP contribution in [0.15, 0.2) is 71.8 Å². The molecule has 28 heavy (non-hydrogen) atoms. The monoisotopic (exact) mass is 397 g/mol. The van der Waals surface area contributed by atoms with E-state index in [2.05, 4.69) is 4.98 Å². The van der Waals surface area contributed by atoms with Crippen LogP contribution >= 0.6 is 0 Å². The largest absolute Gasteiger partial charge is 0.494 e. The third-order valence-electron chi connectivity index (χ3n) is 4.41. The van der Waals surface area contributed by atoms with Gasteiger partial charge >= 0.3 is 0 Å². The second-order valence-corrected chi connectivity index (χ2v) is 7.72. The van der Waals surface area contributed by atoms with Gasteiger partial charge in [-0.1, -0.05) is 18.2 Å². The second kappa shape index (κ2) is 6.74. The number of hydrogen-bond acceptors (Lipinski definition) is 4. The zero-order valence-electron chi connectivity index (χ0n) is 14.8. The first-order valence-electron chi connectivity index (χ1n) is 8.33. The summed E-state index contributed by atoms with van der Waals surface area (Å²) in [5.41, 5.74) is 3.25. The third-order valence-corrected chi connectivity index (χ3v) is 5.34. The van der Waals surface area contributed by atoms with E-state index >= 15 is 0 Å². The van der Waals surface area contributed by atoms with E-state index in [1.165, 1.54) is 25.3 Å². The molecule has 0 spiro atoms. The van der Waals surface area contributed by atoms with Crippen molar-refractivity contribution >= 4 is 15.7 Å². The average molecular weight is 397 g/mol. The molecule has 4 rings (SSSR count). The van der Waals surface area contributed by atoms with Gasteiger partial charge in [0.2, 0.25) is 10.0 Å². The maximum atomic E-state index is 14.3. The van der Waals surface area contributed by atoms with E-state index in [1.54, 1.807) is 24.3 Å². The molecule has 0 saturated carbocycles. The van der Waals surface area contributed by atoms with Gasteiger partial charge in [0.15, 0.2) is 11.6 Å². The Morgan fingerprint density at radius 2 is 1.75 bits per heavy atom. The molecule has 142 valence electrons. The minimum absolute atomic E-state index is 0.0158. The summed E-state index contributed by atoms with van der Waals surface area (Å²) in [6.45, 7) is 0. The lowest BCUT2D eigenvalue weighted by molar-refractivity contribution is 0.386.